The Balaban J connectivity index is 1.88. The highest BCUT2D eigenvalue weighted by Crippen LogP contribution is 2.46. The molecule has 1 aromatic rings. The fraction of sp³-hybridized carbons (Fsp3) is 0.500. The van der Waals surface area contributed by atoms with Gasteiger partial charge in [-0.2, -0.15) is 0 Å². The molecular weight excluding hydrogens is 313 g/mol. The van der Waals surface area contributed by atoms with Gasteiger partial charge in [0.25, 0.3) is 0 Å². The minimum atomic E-state index is -0.715. The number of rotatable bonds is 6. The molecule has 0 aromatic heterocycles. The smallest absolute Gasteiger partial charge is 0.310 e. The first kappa shape index (κ1) is 14.5. The van der Waals surface area contributed by atoms with Crippen molar-refractivity contribution in [2.75, 3.05) is 20.1 Å². The summed E-state index contributed by atoms with van der Waals surface area (Å²) in [5, 5.41) is 9.13. The van der Waals surface area contributed by atoms with Crippen LogP contribution < -0.4 is 0 Å². The number of hydrogen-bond acceptors (Lipinski definition) is 2. The van der Waals surface area contributed by atoms with Crippen LogP contribution in [0, 0.1) is 11.2 Å². The zero-order chi connectivity index (χ0) is 14.0. The van der Waals surface area contributed by atoms with Gasteiger partial charge in [0.15, 0.2) is 0 Å². The van der Waals surface area contributed by atoms with E-state index in [-0.39, 0.29) is 5.82 Å². The molecule has 19 heavy (non-hydrogen) atoms. The summed E-state index contributed by atoms with van der Waals surface area (Å²) in [6.45, 7) is 1.19. The van der Waals surface area contributed by atoms with Crippen molar-refractivity contribution in [2.24, 2.45) is 5.41 Å². The Morgan fingerprint density at radius 1 is 1.53 bits per heavy atom. The molecule has 0 aliphatic heterocycles. The first-order valence-corrected chi connectivity index (χ1v) is 7.08. The lowest BCUT2D eigenvalue weighted by Crippen LogP contribution is -2.33. The average Bonchev–Trinajstić information content (AvgIpc) is 3.11. The van der Waals surface area contributed by atoms with Crippen molar-refractivity contribution in [3.63, 3.8) is 0 Å². The fourth-order valence-corrected chi connectivity index (χ4v) is 2.64. The Bertz CT molecular complexity index is 488. The summed E-state index contributed by atoms with van der Waals surface area (Å²) >= 11 is 3.32. The highest BCUT2D eigenvalue weighted by atomic mass is 79.9. The molecule has 0 unspecified atom stereocenters. The Labute approximate surface area is 120 Å². The minimum absolute atomic E-state index is 0.212. The van der Waals surface area contributed by atoms with Crippen LogP contribution in [0.2, 0.25) is 0 Å². The predicted octanol–water partition coefficient (Wildman–Crippen LogP) is 2.93. The highest BCUT2D eigenvalue weighted by molar-refractivity contribution is 9.10. The molecule has 1 N–H and O–H groups in total. The summed E-state index contributed by atoms with van der Waals surface area (Å²) in [7, 11) is 1.89. The molecular formula is C14H17BrFNO2. The molecule has 0 amide bonds. The van der Waals surface area contributed by atoms with Gasteiger partial charge in [0.05, 0.1) is 5.41 Å². The van der Waals surface area contributed by atoms with E-state index in [0.29, 0.717) is 25.1 Å². The average molecular weight is 330 g/mol. The molecule has 1 aliphatic carbocycles. The van der Waals surface area contributed by atoms with Gasteiger partial charge < -0.3 is 10.0 Å². The summed E-state index contributed by atoms with van der Waals surface area (Å²) in [5.41, 5.74) is 0.103. The third-order valence-corrected chi connectivity index (χ3v) is 4.14. The van der Waals surface area contributed by atoms with E-state index in [0.717, 1.165) is 17.3 Å². The Morgan fingerprint density at radius 2 is 2.21 bits per heavy atom. The van der Waals surface area contributed by atoms with Gasteiger partial charge in [0.1, 0.15) is 5.82 Å². The second kappa shape index (κ2) is 5.59. The van der Waals surface area contributed by atoms with Crippen LogP contribution in [-0.2, 0) is 11.2 Å². The lowest BCUT2D eigenvalue weighted by molar-refractivity contribution is -0.144. The molecule has 0 spiro atoms. The number of carbonyl (C=O) groups is 1. The maximum atomic E-state index is 13.6. The summed E-state index contributed by atoms with van der Waals surface area (Å²) < 4.78 is 14.4. The van der Waals surface area contributed by atoms with Crippen molar-refractivity contribution in [3.8, 4) is 0 Å². The number of halogens is 2. The zero-order valence-electron chi connectivity index (χ0n) is 10.8. The number of benzene rings is 1. The van der Waals surface area contributed by atoms with Gasteiger partial charge in [0, 0.05) is 17.6 Å². The molecule has 5 heteroatoms. The van der Waals surface area contributed by atoms with Crippen LogP contribution in [0.3, 0.4) is 0 Å². The van der Waals surface area contributed by atoms with Gasteiger partial charge >= 0.3 is 5.97 Å². The van der Waals surface area contributed by atoms with E-state index < -0.39 is 11.4 Å². The second-order valence-corrected chi connectivity index (χ2v) is 6.22. The topological polar surface area (TPSA) is 40.5 Å². The van der Waals surface area contributed by atoms with Crippen molar-refractivity contribution in [1.82, 2.24) is 4.90 Å². The molecule has 0 bridgehead atoms. The van der Waals surface area contributed by atoms with Crippen molar-refractivity contribution >= 4 is 21.9 Å². The fourth-order valence-electron chi connectivity index (χ4n) is 2.23. The normalized spacial score (nSPS) is 16.6. The van der Waals surface area contributed by atoms with E-state index in [1.54, 1.807) is 12.1 Å². The van der Waals surface area contributed by atoms with Crippen molar-refractivity contribution in [2.45, 2.75) is 19.3 Å². The number of nitrogens with zero attached hydrogens (tertiary/aromatic N) is 1. The quantitative estimate of drug-likeness (QED) is 0.872. The third kappa shape index (κ3) is 3.54. The molecule has 1 saturated carbocycles. The Hall–Kier alpha value is -0.940. The molecule has 2 rings (SSSR count). The lowest BCUT2D eigenvalue weighted by Gasteiger charge is -2.21. The number of likely N-dealkylation sites (N-methyl/N-ethyl adjacent to an activating group) is 1. The molecule has 1 aliphatic rings. The predicted molar refractivity (Wildman–Crippen MR) is 74.6 cm³/mol. The molecule has 0 heterocycles. The van der Waals surface area contributed by atoms with E-state index >= 15 is 0 Å². The van der Waals surface area contributed by atoms with E-state index in [9.17, 15) is 9.18 Å². The van der Waals surface area contributed by atoms with Crippen LogP contribution in [-0.4, -0.2) is 36.1 Å². The van der Waals surface area contributed by atoms with Gasteiger partial charge in [-0.1, -0.05) is 15.9 Å². The second-order valence-electron chi connectivity index (χ2n) is 5.31. The number of aliphatic carboxylic acids is 1. The van der Waals surface area contributed by atoms with E-state index in [1.165, 1.54) is 6.07 Å². The van der Waals surface area contributed by atoms with E-state index in [2.05, 4.69) is 15.9 Å². The van der Waals surface area contributed by atoms with E-state index in [1.807, 2.05) is 11.9 Å². The summed E-state index contributed by atoms with van der Waals surface area (Å²) in [5.74, 6) is -0.927. The molecule has 3 nitrogen and oxygen atoms in total. The third-order valence-electron chi connectivity index (χ3n) is 3.65. The first-order chi connectivity index (χ1) is 8.93. The molecule has 0 radical (unpaired) electrons. The van der Waals surface area contributed by atoms with Gasteiger partial charge in [0.2, 0.25) is 0 Å². The zero-order valence-corrected chi connectivity index (χ0v) is 12.4. The first-order valence-electron chi connectivity index (χ1n) is 6.29. The number of carboxylic acids is 1. The Kier molecular flexibility index (Phi) is 4.26. The van der Waals surface area contributed by atoms with Crippen LogP contribution in [0.4, 0.5) is 4.39 Å². The SMILES string of the molecule is CN(CCc1cc(Br)ccc1F)CC1(C(=O)O)CC1. The van der Waals surface area contributed by atoms with Crippen LogP contribution in [0.15, 0.2) is 22.7 Å². The van der Waals surface area contributed by atoms with Crippen LogP contribution >= 0.6 is 15.9 Å². The van der Waals surface area contributed by atoms with Crippen molar-refractivity contribution < 1.29 is 14.3 Å². The summed E-state index contributed by atoms with van der Waals surface area (Å²) in [6.07, 6.45) is 2.08. The number of hydrogen-bond donors (Lipinski definition) is 1. The molecule has 1 fully saturated rings. The summed E-state index contributed by atoms with van der Waals surface area (Å²) in [6, 6.07) is 4.89. The Morgan fingerprint density at radius 3 is 2.79 bits per heavy atom. The highest BCUT2D eigenvalue weighted by Gasteiger charge is 2.50. The molecule has 1 aromatic carbocycles. The largest absolute Gasteiger partial charge is 0.481 e. The van der Waals surface area contributed by atoms with Crippen molar-refractivity contribution in [1.29, 1.82) is 0 Å². The van der Waals surface area contributed by atoms with E-state index in [4.69, 9.17) is 5.11 Å². The minimum Gasteiger partial charge on any atom is -0.481 e. The maximum Gasteiger partial charge on any atom is 0.310 e. The molecule has 0 atom stereocenters. The molecule has 104 valence electrons. The van der Waals surface area contributed by atoms with Crippen LogP contribution in [0.25, 0.3) is 0 Å². The van der Waals surface area contributed by atoms with Gasteiger partial charge in [-0.25, -0.2) is 4.39 Å². The monoisotopic (exact) mass is 329 g/mol. The maximum absolute atomic E-state index is 13.6. The van der Waals surface area contributed by atoms with Gasteiger partial charge in [-0.3, -0.25) is 4.79 Å². The molecule has 0 saturated heterocycles. The lowest BCUT2D eigenvalue weighted by atomic mass is 10.1. The summed E-state index contributed by atoms with van der Waals surface area (Å²) in [4.78, 5) is 13.1. The standard InChI is InChI=1S/C14H17BrFNO2/c1-17(9-14(5-6-14)13(18)19)7-4-10-8-11(15)2-3-12(10)16/h2-3,8H,4-7,9H2,1H3,(H,18,19). The van der Waals surface area contributed by atoms with Crippen LogP contribution in [0.5, 0.6) is 0 Å². The van der Waals surface area contributed by atoms with Crippen molar-refractivity contribution in [3.05, 3.63) is 34.1 Å². The van der Waals surface area contributed by atoms with Gasteiger partial charge in [-0.05, 0) is 50.1 Å². The number of carboxylic acid groups (broad SMARTS) is 1. The van der Waals surface area contributed by atoms with Crippen LogP contribution in [0.1, 0.15) is 18.4 Å². The van der Waals surface area contributed by atoms with Gasteiger partial charge in [-0.15, -0.1) is 0 Å².